The fourth-order valence-corrected chi connectivity index (χ4v) is 3.63. The van der Waals surface area contributed by atoms with Gasteiger partial charge in [-0.15, -0.1) is 11.8 Å². The number of nitrogens with zero attached hydrogens (tertiary/aromatic N) is 2. The van der Waals surface area contributed by atoms with Crippen LogP contribution in [0.25, 0.3) is 0 Å². The van der Waals surface area contributed by atoms with Crippen molar-refractivity contribution in [1.29, 1.82) is 0 Å². The summed E-state index contributed by atoms with van der Waals surface area (Å²) in [6.45, 7) is 9.25. The van der Waals surface area contributed by atoms with Crippen LogP contribution in [0.2, 0.25) is 5.02 Å². The Kier molecular flexibility index (Phi) is 6.40. The number of piperazine rings is 1. The third kappa shape index (κ3) is 5.20. The molecule has 0 unspecified atom stereocenters. The van der Waals surface area contributed by atoms with Crippen LogP contribution in [0.15, 0.2) is 29.2 Å². The van der Waals surface area contributed by atoms with E-state index in [0.717, 1.165) is 42.6 Å². The van der Waals surface area contributed by atoms with Gasteiger partial charge in [0.05, 0.1) is 10.8 Å². The first-order valence-electron chi connectivity index (χ1n) is 7.43. The second-order valence-corrected chi connectivity index (χ2v) is 7.22. The van der Waals surface area contributed by atoms with Crippen LogP contribution in [-0.4, -0.2) is 54.2 Å². The average molecular weight is 327 g/mol. The molecule has 1 fully saturated rings. The summed E-state index contributed by atoms with van der Waals surface area (Å²) < 4.78 is 0. The number of benzene rings is 1. The predicted octanol–water partition coefficient (Wildman–Crippen LogP) is 3.23. The maximum atomic E-state index is 12.3. The second kappa shape index (κ2) is 8.06. The third-order valence-electron chi connectivity index (χ3n) is 3.54. The molecule has 1 aromatic rings. The zero-order valence-electron chi connectivity index (χ0n) is 12.7. The molecule has 0 atom stereocenters. The lowest BCUT2D eigenvalue weighted by atomic mass is 10.2. The summed E-state index contributed by atoms with van der Waals surface area (Å²) >= 11 is 7.63. The molecule has 5 heteroatoms. The Morgan fingerprint density at radius 3 is 2.52 bits per heavy atom. The molecule has 21 heavy (non-hydrogen) atoms. The Morgan fingerprint density at radius 2 is 1.90 bits per heavy atom. The van der Waals surface area contributed by atoms with Gasteiger partial charge in [0, 0.05) is 37.6 Å². The van der Waals surface area contributed by atoms with Crippen molar-refractivity contribution in [2.24, 2.45) is 5.92 Å². The van der Waals surface area contributed by atoms with Gasteiger partial charge in [-0.05, 0) is 18.1 Å². The van der Waals surface area contributed by atoms with Gasteiger partial charge in [0.25, 0.3) is 0 Å². The molecule has 0 aromatic heterocycles. The molecule has 2 rings (SSSR count). The van der Waals surface area contributed by atoms with Gasteiger partial charge >= 0.3 is 0 Å². The Bertz CT molecular complexity index is 473. The zero-order valence-corrected chi connectivity index (χ0v) is 14.3. The van der Waals surface area contributed by atoms with E-state index in [2.05, 4.69) is 18.7 Å². The van der Waals surface area contributed by atoms with E-state index in [4.69, 9.17) is 11.6 Å². The molecule has 1 aromatic carbocycles. The van der Waals surface area contributed by atoms with Crippen LogP contribution in [0.1, 0.15) is 13.8 Å². The molecule has 0 radical (unpaired) electrons. The first kappa shape index (κ1) is 16.7. The van der Waals surface area contributed by atoms with Gasteiger partial charge in [-0.1, -0.05) is 37.6 Å². The zero-order chi connectivity index (χ0) is 15.2. The number of thioether (sulfide) groups is 1. The minimum atomic E-state index is 0.212. The molecule has 3 nitrogen and oxygen atoms in total. The molecule has 0 N–H and O–H groups in total. The van der Waals surface area contributed by atoms with E-state index in [1.165, 1.54) is 11.8 Å². The monoisotopic (exact) mass is 326 g/mol. The molecular weight excluding hydrogens is 304 g/mol. The van der Waals surface area contributed by atoms with E-state index in [1.54, 1.807) is 0 Å². The number of carbonyl (C=O) groups excluding carboxylic acids is 1. The summed E-state index contributed by atoms with van der Waals surface area (Å²) in [5.41, 5.74) is 0. The summed E-state index contributed by atoms with van der Waals surface area (Å²) in [6, 6.07) is 7.67. The molecule has 1 aliphatic rings. The molecule has 1 aliphatic heterocycles. The van der Waals surface area contributed by atoms with E-state index in [9.17, 15) is 4.79 Å². The molecule has 1 saturated heterocycles. The second-order valence-electron chi connectivity index (χ2n) is 5.79. The fourth-order valence-electron chi connectivity index (χ4n) is 2.49. The average Bonchev–Trinajstić information content (AvgIpc) is 2.46. The predicted molar refractivity (Wildman–Crippen MR) is 90.0 cm³/mol. The van der Waals surface area contributed by atoms with Crippen molar-refractivity contribution < 1.29 is 4.79 Å². The standard InChI is InChI=1S/C16H23ClN2OS/c1-13(2)11-18-7-9-19(10-8-18)16(20)12-21-15-6-4-3-5-14(15)17/h3-6,13H,7-12H2,1-2H3. The van der Waals surface area contributed by atoms with Gasteiger partial charge in [0.15, 0.2) is 0 Å². The van der Waals surface area contributed by atoms with Crippen LogP contribution in [0.5, 0.6) is 0 Å². The molecule has 1 heterocycles. The number of hydrogen-bond acceptors (Lipinski definition) is 3. The summed E-state index contributed by atoms with van der Waals surface area (Å²) in [6.07, 6.45) is 0. The normalized spacial score (nSPS) is 16.5. The highest BCUT2D eigenvalue weighted by atomic mass is 35.5. The van der Waals surface area contributed by atoms with Crippen LogP contribution in [-0.2, 0) is 4.79 Å². The number of amides is 1. The Labute approximate surface area is 136 Å². The summed E-state index contributed by atoms with van der Waals surface area (Å²) in [5.74, 6) is 1.36. The number of hydrogen-bond donors (Lipinski definition) is 0. The third-order valence-corrected chi connectivity index (χ3v) is 5.04. The van der Waals surface area contributed by atoms with E-state index in [1.807, 2.05) is 29.2 Å². The lowest BCUT2D eigenvalue weighted by molar-refractivity contribution is -0.130. The van der Waals surface area contributed by atoms with Crippen LogP contribution in [0.4, 0.5) is 0 Å². The fraction of sp³-hybridized carbons (Fsp3) is 0.562. The molecule has 0 spiro atoms. The molecular formula is C16H23ClN2OS. The van der Waals surface area contributed by atoms with Gasteiger partial charge in [-0.2, -0.15) is 0 Å². The van der Waals surface area contributed by atoms with Crippen LogP contribution >= 0.6 is 23.4 Å². The molecule has 116 valence electrons. The van der Waals surface area contributed by atoms with Crippen LogP contribution < -0.4 is 0 Å². The van der Waals surface area contributed by atoms with E-state index in [0.29, 0.717) is 11.7 Å². The van der Waals surface area contributed by atoms with Gasteiger partial charge in [-0.25, -0.2) is 0 Å². The summed E-state index contributed by atoms with van der Waals surface area (Å²) in [5, 5.41) is 0.719. The molecule has 0 aliphatic carbocycles. The Morgan fingerprint density at radius 1 is 1.24 bits per heavy atom. The maximum absolute atomic E-state index is 12.3. The van der Waals surface area contributed by atoms with Crippen LogP contribution in [0, 0.1) is 5.92 Å². The van der Waals surface area contributed by atoms with E-state index in [-0.39, 0.29) is 5.91 Å². The number of carbonyl (C=O) groups is 1. The number of rotatable bonds is 5. The summed E-state index contributed by atoms with van der Waals surface area (Å²) in [4.78, 5) is 17.6. The van der Waals surface area contributed by atoms with Gasteiger partial charge in [0.2, 0.25) is 5.91 Å². The lowest BCUT2D eigenvalue weighted by Gasteiger charge is -2.35. The number of halogens is 1. The SMILES string of the molecule is CC(C)CN1CCN(C(=O)CSc2ccccc2Cl)CC1. The van der Waals surface area contributed by atoms with Crippen molar-refractivity contribution in [3.63, 3.8) is 0 Å². The molecule has 0 bridgehead atoms. The highest BCUT2D eigenvalue weighted by Gasteiger charge is 2.21. The van der Waals surface area contributed by atoms with Crippen molar-refractivity contribution in [2.75, 3.05) is 38.5 Å². The topological polar surface area (TPSA) is 23.6 Å². The smallest absolute Gasteiger partial charge is 0.233 e. The largest absolute Gasteiger partial charge is 0.339 e. The van der Waals surface area contributed by atoms with Gasteiger partial charge in [0.1, 0.15) is 0 Å². The Balaban J connectivity index is 1.76. The van der Waals surface area contributed by atoms with Gasteiger partial charge < -0.3 is 4.90 Å². The molecule has 0 saturated carbocycles. The maximum Gasteiger partial charge on any atom is 0.233 e. The van der Waals surface area contributed by atoms with Crippen molar-refractivity contribution in [3.05, 3.63) is 29.3 Å². The van der Waals surface area contributed by atoms with Crippen LogP contribution in [0.3, 0.4) is 0 Å². The minimum Gasteiger partial charge on any atom is -0.339 e. The first-order valence-corrected chi connectivity index (χ1v) is 8.80. The highest BCUT2D eigenvalue weighted by Crippen LogP contribution is 2.26. The van der Waals surface area contributed by atoms with Crippen molar-refractivity contribution >= 4 is 29.3 Å². The first-order chi connectivity index (χ1) is 10.1. The van der Waals surface area contributed by atoms with Gasteiger partial charge in [-0.3, -0.25) is 9.69 Å². The lowest BCUT2D eigenvalue weighted by Crippen LogP contribution is -2.49. The highest BCUT2D eigenvalue weighted by molar-refractivity contribution is 8.00. The van der Waals surface area contributed by atoms with Crippen molar-refractivity contribution in [3.8, 4) is 0 Å². The quantitative estimate of drug-likeness (QED) is 0.776. The Hall–Kier alpha value is -0.710. The summed E-state index contributed by atoms with van der Waals surface area (Å²) in [7, 11) is 0. The minimum absolute atomic E-state index is 0.212. The van der Waals surface area contributed by atoms with E-state index >= 15 is 0 Å². The van der Waals surface area contributed by atoms with Crippen molar-refractivity contribution in [1.82, 2.24) is 9.80 Å². The molecule has 1 amide bonds. The van der Waals surface area contributed by atoms with Crippen molar-refractivity contribution in [2.45, 2.75) is 18.7 Å². The van der Waals surface area contributed by atoms with E-state index < -0.39 is 0 Å².